The molecule has 1 aliphatic heterocycles. The molecule has 1 aliphatic rings. The van der Waals surface area contributed by atoms with Gasteiger partial charge in [-0.3, -0.25) is 0 Å². The number of rotatable bonds is 8. The SMILES string of the molecule is COCCCN1CCC(Cn2cnc(-c3ccccc3)c2-c2cccs2)C1. The number of likely N-dealkylation sites (tertiary alicyclic amines) is 1. The number of imidazole rings is 1. The summed E-state index contributed by atoms with van der Waals surface area (Å²) in [4.78, 5) is 8.67. The summed E-state index contributed by atoms with van der Waals surface area (Å²) in [6.07, 6.45) is 4.41. The predicted octanol–water partition coefficient (Wildman–Crippen LogP) is 4.64. The van der Waals surface area contributed by atoms with E-state index in [9.17, 15) is 0 Å². The van der Waals surface area contributed by atoms with E-state index in [1.165, 1.54) is 35.6 Å². The minimum atomic E-state index is 0.684. The van der Waals surface area contributed by atoms with Crippen molar-refractivity contribution >= 4 is 11.3 Å². The van der Waals surface area contributed by atoms with Crippen LogP contribution in [0.15, 0.2) is 54.2 Å². The fourth-order valence-electron chi connectivity index (χ4n) is 3.98. The van der Waals surface area contributed by atoms with Gasteiger partial charge in [0.25, 0.3) is 0 Å². The summed E-state index contributed by atoms with van der Waals surface area (Å²) in [5.41, 5.74) is 3.54. The molecule has 4 rings (SSSR count). The minimum absolute atomic E-state index is 0.684. The molecule has 1 atom stereocenters. The quantitative estimate of drug-likeness (QED) is 0.533. The molecule has 0 radical (unpaired) electrons. The Bertz CT molecular complexity index is 829. The summed E-state index contributed by atoms with van der Waals surface area (Å²) in [5, 5.41) is 2.15. The molecule has 0 amide bonds. The second-order valence-electron chi connectivity index (χ2n) is 7.24. The summed E-state index contributed by atoms with van der Waals surface area (Å²) in [6.45, 7) is 5.40. The number of hydrogen-bond donors (Lipinski definition) is 0. The third-order valence-corrected chi connectivity index (χ3v) is 6.16. The van der Waals surface area contributed by atoms with Gasteiger partial charge >= 0.3 is 0 Å². The second-order valence-corrected chi connectivity index (χ2v) is 8.19. The van der Waals surface area contributed by atoms with E-state index in [-0.39, 0.29) is 0 Å². The van der Waals surface area contributed by atoms with Crippen molar-refractivity contribution in [2.45, 2.75) is 19.4 Å². The Labute approximate surface area is 165 Å². The zero-order chi connectivity index (χ0) is 18.5. The molecule has 0 saturated carbocycles. The Hall–Kier alpha value is -1.95. The Morgan fingerprint density at radius 3 is 2.85 bits per heavy atom. The Balaban J connectivity index is 1.53. The van der Waals surface area contributed by atoms with Crippen LogP contribution in [0, 0.1) is 5.92 Å². The van der Waals surface area contributed by atoms with Crippen LogP contribution in [0.1, 0.15) is 12.8 Å². The van der Waals surface area contributed by atoms with Gasteiger partial charge in [0.05, 0.1) is 22.6 Å². The molecular formula is C22H27N3OS. The van der Waals surface area contributed by atoms with Crippen molar-refractivity contribution in [3.63, 3.8) is 0 Å². The highest BCUT2D eigenvalue weighted by Crippen LogP contribution is 2.35. The van der Waals surface area contributed by atoms with Crippen LogP contribution in [0.3, 0.4) is 0 Å². The highest BCUT2D eigenvalue weighted by molar-refractivity contribution is 7.13. The number of hydrogen-bond acceptors (Lipinski definition) is 4. The first-order valence-corrected chi connectivity index (χ1v) is 10.6. The molecule has 1 aromatic carbocycles. The van der Waals surface area contributed by atoms with E-state index in [0.29, 0.717) is 5.92 Å². The molecule has 5 heteroatoms. The second kappa shape index (κ2) is 8.83. The largest absolute Gasteiger partial charge is 0.385 e. The lowest BCUT2D eigenvalue weighted by Gasteiger charge is -2.17. The number of aromatic nitrogens is 2. The molecular weight excluding hydrogens is 354 g/mol. The summed E-state index contributed by atoms with van der Waals surface area (Å²) < 4.78 is 7.56. The van der Waals surface area contributed by atoms with Gasteiger partial charge in [0, 0.05) is 38.9 Å². The van der Waals surface area contributed by atoms with E-state index in [0.717, 1.165) is 31.8 Å². The van der Waals surface area contributed by atoms with Gasteiger partial charge in [0.15, 0.2) is 0 Å². The molecule has 0 N–H and O–H groups in total. The fraction of sp³-hybridized carbons (Fsp3) is 0.409. The topological polar surface area (TPSA) is 30.3 Å². The van der Waals surface area contributed by atoms with Gasteiger partial charge in [-0.05, 0) is 36.8 Å². The minimum Gasteiger partial charge on any atom is -0.385 e. The first kappa shape index (κ1) is 18.4. The van der Waals surface area contributed by atoms with Crippen LogP contribution < -0.4 is 0 Å². The third-order valence-electron chi connectivity index (χ3n) is 5.29. The molecule has 142 valence electrons. The van der Waals surface area contributed by atoms with Crippen LogP contribution in [0.5, 0.6) is 0 Å². The lowest BCUT2D eigenvalue weighted by Crippen LogP contribution is -2.24. The van der Waals surface area contributed by atoms with Crippen molar-refractivity contribution < 1.29 is 4.74 Å². The fourth-order valence-corrected chi connectivity index (χ4v) is 4.76. The molecule has 0 bridgehead atoms. The Morgan fingerprint density at radius 2 is 2.07 bits per heavy atom. The maximum absolute atomic E-state index is 5.19. The van der Waals surface area contributed by atoms with Gasteiger partial charge in [-0.2, -0.15) is 0 Å². The van der Waals surface area contributed by atoms with Crippen molar-refractivity contribution in [1.82, 2.24) is 14.5 Å². The molecule has 1 unspecified atom stereocenters. The van der Waals surface area contributed by atoms with Gasteiger partial charge in [-0.15, -0.1) is 11.3 Å². The van der Waals surface area contributed by atoms with Crippen LogP contribution >= 0.6 is 11.3 Å². The van der Waals surface area contributed by atoms with Crippen molar-refractivity contribution in [2.75, 3.05) is 33.4 Å². The number of benzene rings is 1. The van der Waals surface area contributed by atoms with Crippen molar-refractivity contribution in [1.29, 1.82) is 0 Å². The molecule has 3 aromatic rings. The maximum atomic E-state index is 5.19. The van der Waals surface area contributed by atoms with Gasteiger partial charge in [-0.1, -0.05) is 36.4 Å². The molecule has 2 aromatic heterocycles. The summed E-state index contributed by atoms with van der Waals surface area (Å²) in [7, 11) is 1.78. The normalized spacial score (nSPS) is 17.6. The molecule has 3 heterocycles. The van der Waals surface area contributed by atoms with Crippen molar-refractivity contribution in [2.24, 2.45) is 5.92 Å². The van der Waals surface area contributed by atoms with Gasteiger partial charge < -0.3 is 14.2 Å². The van der Waals surface area contributed by atoms with Crippen molar-refractivity contribution in [3.8, 4) is 21.8 Å². The molecule has 4 nitrogen and oxygen atoms in total. The zero-order valence-corrected chi connectivity index (χ0v) is 16.7. The number of ether oxygens (including phenoxy) is 1. The highest BCUT2D eigenvalue weighted by atomic mass is 32.1. The van der Waals surface area contributed by atoms with E-state index < -0.39 is 0 Å². The third kappa shape index (κ3) is 4.32. The maximum Gasteiger partial charge on any atom is 0.0971 e. The average molecular weight is 382 g/mol. The smallest absolute Gasteiger partial charge is 0.0971 e. The molecule has 1 saturated heterocycles. The molecule has 1 fully saturated rings. The van der Waals surface area contributed by atoms with E-state index in [2.05, 4.69) is 57.3 Å². The van der Waals surface area contributed by atoms with Crippen LogP contribution in [0.4, 0.5) is 0 Å². The van der Waals surface area contributed by atoms with E-state index in [1.807, 2.05) is 6.33 Å². The highest BCUT2D eigenvalue weighted by Gasteiger charge is 2.24. The number of thiophene rings is 1. The summed E-state index contributed by atoms with van der Waals surface area (Å²) in [5.74, 6) is 0.684. The van der Waals surface area contributed by atoms with Gasteiger partial charge in [0.1, 0.15) is 0 Å². The predicted molar refractivity (Wildman–Crippen MR) is 112 cm³/mol. The zero-order valence-electron chi connectivity index (χ0n) is 15.9. The first-order valence-electron chi connectivity index (χ1n) is 9.71. The summed E-state index contributed by atoms with van der Waals surface area (Å²) in [6, 6.07) is 14.9. The van der Waals surface area contributed by atoms with Crippen LogP contribution in [-0.2, 0) is 11.3 Å². The standard InChI is InChI=1S/C22H27N3OS/c1-26-13-6-11-24-12-10-18(15-24)16-25-17-23-21(19-7-3-2-4-8-19)22(25)20-9-5-14-27-20/h2-5,7-9,14,17-18H,6,10-13,15-16H2,1H3. The monoisotopic (exact) mass is 381 g/mol. The van der Waals surface area contributed by atoms with Crippen LogP contribution in [-0.4, -0.2) is 47.8 Å². The van der Waals surface area contributed by atoms with E-state index in [1.54, 1.807) is 18.4 Å². The van der Waals surface area contributed by atoms with Gasteiger partial charge in [-0.25, -0.2) is 4.98 Å². The number of nitrogens with zero attached hydrogens (tertiary/aromatic N) is 3. The average Bonchev–Trinajstić information content (AvgIpc) is 3.44. The molecule has 0 aliphatic carbocycles. The first-order chi connectivity index (χ1) is 13.3. The van der Waals surface area contributed by atoms with Crippen molar-refractivity contribution in [3.05, 3.63) is 54.2 Å². The van der Waals surface area contributed by atoms with Crippen LogP contribution in [0.2, 0.25) is 0 Å². The Kier molecular flexibility index (Phi) is 6.02. The van der Waals surface area contributed by atoms with E-state index >= 15 is 0 Å². The number of methoxy groups -OCH3 is 1. The lowest BCUT2D eigenvalue weighted by molar-refractivity contribution is 0.178. The lowest BCUT2D eigenvalue weighted by atomic mass is 10.1. The Morgan fingerprint density at radius 1 is 1.19 bits per heavy atom. The molecule has 0 spiro atoms. The van der Waals surface area contributed by atoms with Gasteiger partial charge in [0.2, 0.25) is 0 Å². The van der Waals surface area contributed by atoms with E-state index in [4.69, 9.17) is 9.72 Å². The van der Waals surface area contributed by atoms with Crippen LogP contribution in [0.25, 0.3) is 21.8 Å². The summed E-state index contributed by atoms with van der Waals surface area (Å²) >= 11 is 1.79. The molecule has 27 heavy (non-hydrogen) atoms.